The van der Waals surface area contributed by atoms with Gasteiger partial charge in [0.1, 0.15) is 5.78 Å². The van der Waals surface area contributed by atoms with E-state index < -0.39 is 0 Å². The Morgan fingerprint density at radius 2 is 2.00 bits per heavy atom. The van der Waals surface area contributed by atoms with Crippen molar-refractivity contribution in [3.63, 3.8) is 0 Å². The quantitative estimate of drug-likeness (QED) is 0.396. The van der Waals surface area contributed by atoms with Crippen molar-refractivity contribution >= 4 is 5.78 Å². The third-order valence-electron chi connectivity index (χ3n) is 4.74. The number of ether oxygens (including phenoxy) is 1. The second kappa shape index (κ2) is 5.13. The van der Waals surface area contributed by atoms with Crippen LogP contribution < -0.4 is 24.0 Å². The van der Waals surface area contributed by atoms with Gasteiger partial charge in [0.15, 0.2) is 0 Å². The Bertz CT molecular complexity index is 306. The van der Waals surface area contributed by atoms with Crippen molar-refractivity contribution in [3.8, 4) is 0 Å². The molecule has 1 spiro atoms. The Hall–Kier alpha value is 0.320. The van der Waals surface area contributed by atoms with Crippen molar-refractivity contribution in [1.29, 1.82) is 0 Å². The molecule has 3 nitrogen and oxygen atoms in total. The van der Waals surface area contributed by atoms with E-state index in [1.54, 1.807) is 0 Å². The molecule has 0 amide bonds. The second-order valence-corrected chi connectivity index (χ2v) is 6.29. The number of likely N-dealkylation sites (tertiary alicyclic amines) is 1. The van der Waals surface area contributed by atoms with Crippen molar-refractivity contribution in [2.45, 2.75) is 44.8 Å². The lowest BCUT2D eigenvalue weighted by molar-refractivity contribution is -0.924. The number of hydrogen-bond acceptors (Lipinski definition) is 2. The van der Waals surface area contributed by atoms with Crippen LogP contribution >= 0.6 is 0 Å². The average Bonchev–Trinajstić information content (AvgIpc) is 2.14. The maximum atomic E-state index is 11.7. The van der Waals surface area contributed by atoms with Gasteiger partial charge in [0, 0.05) is 25.2 Å². The van der Waals surface area contributed by atoms with Crippen LogP contribution in [-0.4, -0.2) is 49.2 Å². The fraction of sp³-hybridized carbons (Fsp3) is 0.923. The number of piperidine rings is 1. The van der Waals surface area contributed by atoms with Gasteiger partial charge in [0.05, 0.1) is 38.9 Å². The van der Waals surface area contributed by atoms with Gasteiger partial charge in [-0.25, -0.2) is 0 Å². The van der Waals surface area contributed by atoms with E-state index in [1.807, 2.05) is 0 Å². The predicted molar refractivity (Wildman–Crippen MR) is 63.1 cm³/mol. The summed E-state index contributed by atoms with van der Waals surface area (Å²) in [6, 6.07) is 0.571. The summed E-state index contributed by atoms with van der Waals surface area (Å²) in [6.07, 6.45) is 2.27. The molecule has 2 heterocycles. The van der Waals surface area contributed by atoms with E-state index >= 15 is 0 Å². The third kappa shape index (κ3) is 2.84. The van der Waals surface area contributed by atoms with Gasteiger partial charge in [-0.05, 0) is 6.92 Å². The van der Waals surface area contributed by atoms with Crippen LogP contribution in [0.25, 0.3) is 0 Å². The van der Waals surface area contributed by atoms with Crippen LogP contribution in [0.1, 0.15) is 33.1 Å². The van der Waals surface area contributed by atoms with Gasteiger partial charge in [-0.3, -0.25) is 4.79 Å². The first-order valence-corrected chi connectivity index (χ1v) is 6.34. The van der Waals surface area contributed by atoms with E-state index in [2.05, 4.69) is 27.9 Å². The second-order valence-electron chi connectivity index (χ2n) is 6.29. The van der Waals surface area contributed by atoms with Gasteiger partial charge in [0.2, 0.25) is 0 Å². The summed E-state index contributed by atoms with van der Waals surface area (Å²) in [5.74, 6) is 0.862. The largest absolute Gasteiger partial charge is 1.00 e. The van der Waals surface area contributed by atoms with Gasteiger partial charge in [-0.15, -0.1) is 0 Å². The first kappa shape index (κ1) is 15.4. The number of carbonyl (C=O) groups excluding carboxylic acids is 1. The number of halogens is 1. The van der Waals surface area contributed by atoms with Crippen molar-refractivity contribution in [3.05, 3.63) is 0 Å². The molecule has 2 fully saturated rings. The van der Waals surface area contributed by atoms with Crippen LogP contribution in [0.5, 0.6) is 0 Å². The average molecular weight is 353 g/mol. The summed E-state index contributed by atoms with van der Waals surface area (Å²) in [4.78, 5) is 11.7. The molecular weight excluding hydrogens is 329 g/mol. The summed E-state index contributed by atoms with van der Waals surface area (Å²) < 4.78 is 7.06. The van der Waals surface area contributed by atoms with E-state index in [0.717, 1.165) is 17.4 Å². The molecule has 100 valence electrons. The molecule has 0 aliphatic carbocycles. The zero-order valence-electron chi connectivity index (χ0n) is 11.3. The van der Waals surface area contributed by atoms with Crippen LogP contribution in [0.15, 0.2) is 0 Å². The van der Waals surface area contributed by atoms with Crippen molar-refractivity contribution < 1.29 is 38.0 Å². The van der Waals surface area contributed by atoms with Gasteiger partial charge < -0.3 is 33.2 Å². The minimum Gasteiger partial charge on any atom is -1.00 e. The van der Waals surface area contributed by atoms with E-state index in [4.69, 9.17) is 4.74 Å². The molecule has 0 aromatic rings. The summed E-state index contributed by atoms with van der Waals surface area (Å²) in [7, 11) is 4.55. The fourth-order valence-electron chi connectivity index (χ4n) is 3.29. The van der Waals surface area contributed by atoms with Gasteiger partial charge in [-0.2, -0.15) is 0 Å². The molecule has 0 radical (unpaired) electrons. The normalized spacial score (nSPS) is 41.1. The Morgan fingerprint density at radius 3 is 2.59 bits per heavy atom. The number of rotatable bonds is 0. The minimum atomic E-state index is -0.150. The van der Waals surface area contributed by atoms with Crippen molar-refractivity contribution in [1.82, 2.24) is 0 Å². The minimum absolute atomic E-state index is 0. The molecule has 3 unspecified atom stereocenters. The highest BCUT2D eigenvalue weighted by atomic mass is 127. The lowest BCUT2D eigenvalue weighted by Gasteiger charge is -2.53. The molecular formula is C13H24INO2. The summed E-state index contributed by atoms with van der Waals surface area (Å²) in [6.45, 7) is 6.25. The molecule has 0 N–H and O–H groups in total. The van der Waals surface area contributed by atoms with E-state index in [9.17, 15) is 4.79 Å². The highest BCUT2D eigenvalue weighted by Gasteiger charge is 2.51. The lowest BCUT2D eigenvalue weighted by Crippen LogP contribution is -3.00. The number of ketones is 1. The van der Waals surface area contributed by atoms with Crippen LogP contribution in [-0.2, 0) is 9.53 Å². The molecule has 2 saturated heterocycles. The van der Waals surface area contributed by atoms with Gasteiger partial charge >= 0.3 is 0 Å². The van der Waals surface area contributed by atoms with E-state index in [1.165, 1.54) is 0 Å². The Morgan fingerprint density at radius 1 is 1.35 bits per heavy atom. The molecule has 0 saturated carbocycles. The Balaban J connectivity index is 0.00000144. The lowest BCUT2D eigenvalue weighted by atomic mass is 9.73. The molecule has 0 aromatic heterocycles. The highest BCUT2D eigenvalue weighted by Crippen LogP contribution is 2.41. The number of nitrogens with zero attached hydrogens (tertiary/aromatic N) is 1. The first-order chi connectivity index (χ1) is 7.36. The van der Waals surface area contributed by atoms with Crippen molar-refractivity contribution in [2.24, 2.45) is 5.92 Å². The van der Waals surface area contributed by atoms with Gasteiger partial charge in [-0.1, -0.05) is 6.92 Å². The molecule has 2 aliphatic heterocycles. The molecule has 2 rings (SSSR count). The summed E-state index contributed by atoms with van der Waals surface area (Å²) in [5, 5.41) is 0. The fourth-order valence-corrected chi connectivity index (χ4v) is 3.29. The molecule has 2 aliphatic rings. The standard InChI is InChI=1S/C13H24NO2.HI/c1-10-9-14(3,4)11(2)7-13(10)8-12(15)5-6-16-13;/h10-11H,5-9H2,1-4H3;1H/q+1;/p-1. The predicted octanol–water partition coefficient (Wildman–Crippen LogP) is -1.39. The van der Waals surface area contributed by atoms with Crippen LogP contribution in [0.4, 0.5) is 0 Å². The Labute approximate surface area is 121 Å². The smallest absolute Gasteiger partial charge is 0.138 e. The molecule has 17 heavy (non-hydrogen) atoms. The molecule has 0 bridgehead atoms. The summed E-state index contributed by atoms with van der Waals surface area (Å²) in [5.41, 5.74) is -0.150. The number of carbonyl (C=O) groups is 1. The van der Waals surface area contributed by atoms with E-state index in [-0.39, 0.29) is 29.6 Å². The molecule has 0 aromatic carbocycles. The van der Waals surface area contributed by atoms with Crippen LogP contribution in [0.3, 0.4) is 0 Å². The molecule has 4 heteroatoms. The highest BCUT2D eigenvalue weighted by molar-refractivity contribution is 5.80. The van der Waals surface area contributed by atoms with Crippen molar-refractivity contribution in [2.75, 3.05) is 27.2 Å². The zero-order valence-corrected chi connectivity index (χ0v) is 13.5. The van der Waals surface area contributed by atoms with Gasteiger partial charge in [0.25, 0.3) is 0 Å². The Kier molecular flexibility index (Phi) is 4.64. The molecule has 3 atom stereocenters. The third-order valence-corrected chi connectivity index (χ3v) is 4.74. The SMILES string of the molecule is CC1C[N+](C)(C)C(C)CC12CC(=O)CCO2.[I-]. The topological polar surface area (TPSA) is 26.3 Å². The van der Waals surface area contributed by atoms with Crippen LogP contribution in [0.2, 0.25) is 0 Å². The first-order valence-electron chi connectivity index (χ1n) is 6.34. The van der Waals surface area contributed by atoms with E-state index in [0.29, 0.717) is 37.2 Å². The maximum Gasteiger partial charge on any atom is 0.138 e. The number of hydrogen-bond donors (Lipinski definition) is 0. The monoisotopic (exact) mass is 353 g/mol. The maximum absolute atomic E-state index is 11.7. The number of Topliss-reactive ketones (excluding diaryl/α,β-unsaturated/α-hetero) is 1. The van der Waals surface area contributed by atoms with Crippen LogP contribution in [0, 0.1) is 5.92 Å². The zero-order chi connectivity index (χ0) is 12.0. The summed E-state index contributed by atoms with van der Waals surface area (Å²) >= 11 is 0. The number of quaternary nitrogens is 1.